The van der Waals surface area contributed by atoms with Crippen LogP contribution in [0.4, 0.5) is 10.3 Å². The smallest absolute Gasteiger partial charge is 0.306 e. The fraction of sp³-hybridized carbons (Fsp3) is 0.316. The van der Waals surface area contributed by atoms with Gasteiger partial charge >= 0.3 is 11.9 Å². The largest absolute Gasteiger partial charge is 0.508 e. The first kappa shape index (κ1) is 37.6. The van der Waals surface area contributed by atoms with E-state index in [0.29, 0.717) is 22.4 Å². The molecule has 2 aromatic heterocycles. The molecule has 0 saturated carbocycles. The van der Waals surface area contributed by atoms with Crippen LogP contribution in [0, 0.1) is 5.92 Å². The summed E-state index contributed by atoms with van der Waals surface area (Å²) in [6.45, 7) is 2.91. The van der Waals surface area contributed by atoms with Crippen molar-refractivity contribution >= 4 is 35.0 Å². The second-order valence-corrected chi connectivity index (χ2v) is 12.9. The van der Waals surface area contributed by atoms with E-state index in [1.807, 2.05) is 30.3 Å². The number of benzene rings is 3. The lowest BCUT2D eigenvalue weighted by molar-refractivity contribution is -0.159. The van der Waals surface area contributed by atoms with E-state index in [-0.39, 0.29) is 22.9 Å². The molecule has 1 saturated heterocycles. The first-order valence-corrected chi connectivity index (χ1v) is 17.0. The van der Waals surface area contributed by atoms with Gasteiger partial charge in [0.25, 0.3) is 5.56 Å². The van der Waals surface area contributed by atoms with Gasteiger partial charge < -0.3 is 29.2 Å². The minimum absolute atomic E-state index is 0.0120. The van der Waals surface area contributed by atoms with Gasteiger partial charge in [0.2, 0.25) is 11.9 Å². The molecule has 5 aromatic rings. The second-order valence-electron chi connectivity index (χ2n) is 12.9. The molecule has 16 heteroatoms. The van der Waals surface area contributed by atoms with Gasteiger partial charge in [0, 0.05) is 5.92 Å². The molecule has 1 amide bonds. The van der Waals surface area contributed by atoms with E-state index in [2.05, 4.69) is 20.3 Å². The fourth-order valence-electron chi connectivity index (χ4n) is 6.20. The number of amides is 1. The van der Waals surface area contributed by atoms with Crippen LogP contribution in [0.2, 0.25) is 0 Å². The molecule has 6 rings (SSSR count). The van der Waals surface area contributed by atoms with Gasteiger partial charge in [-0.3, -0.25) is 34.0 Å². The van der Waals surface area contributed by atoms with E-state index in [9.17, 15) is 24.3 Å². The van der Waals surface area contributed by atoms with Gasteiger partial charge in [-0.15, -0.1) is 0 Å². The van der Waals surface area contributed by atoms with Crippen LogP contribution >= 0.6 is 0 Å². The van der Waals surface area contributed by atoms with Crippen molar-refractivity contribution in [2.24, 2.45) is 5.92 Å². The highest BCUT2D eigenvalue weighted by Crippen LogP contribution is 2.43. The summed E-state index contributed by atoms with van der Waals surface area (Å²) < 4.78 is 42.0. The number of carbonyl (C=O) groups excluding carboxylic acids is 2. The summed E-state index contributed by atoms with van der Waals surface area (Å²) in [6.07, 6.45) is -6.53. The molecule has 1 fully saturated rings. The fourth-order valence-corrected chi connectivity index (χ4v) is 6.20. The summed E-state index contributed by atoms with van der Waals surface area (Å²) in [5.41, 5.74) is -0.542. The number of hydrogen-bond donors (Lipinski definition) is 4. The molecule has 4 N–H and O–H groups in total. The van der Waals surface area contributed by atoms with Gasteiger partial charge in [-0.1, -0.05) is 68.4 Å². The molecule has 282 valence electrons. The Hall–Kier alpha value is -6.13. The number of carboxylic acid groups (broad SMARTS) is 1. The Morgan fingerprint density at radius 1 is 1.00 bits per heavy atom. The summed E-state index contributed by atoms with van der Waals surface area (Å²) in [7, 11) is 1.53. The summed E-state index contributed by atoms with van der Waals surface area (Å²) in [5, 5.41) is 21.9. The third-order valence-electron chi connectivity index (χ3n) is 8.96. The molecule has 15 nitrogen and oxygen atoms in total. The molecule has 3 heterocycles. The highest BCUT2D eigenvalue weighted by Gasteiger charge is 2.51. The first-order chi connectivity index (χ1) is 25.9. The number of aromatic hydroxyl groups is 1. The van der Waals surface area contributed by atoms with Crippen molar-refractivity contribution < 1.29 is 47.9 Å². The normalized spacial score (nSPS) is 19.4. The van der Waals surface area contributed by atoms with Crippen LogP contribution in [0.1, 0.15) is 49.6 Å². The van der Waals surface area contributed by atoms with Gasteiger partial charge in [0.05, 0.1) is 32.9 Å². The van der Waals surface area contributed by atoms with Crippen molar-refractivity contribution in [2.75, 3.05) is 19.0 Å². The van der Waals surface area contributed by atoms with Crippen LogP contribution in [0.3, 0.4) is 0 Å². The maximum absolute atomic E-state index is 16.7. The van der Waals surface area contributed by atoms with Crippen molar-refractivity contribution in [2.45, 2.75) is 56.9 Å². The quantitative estimate of drug-likeness (QED) is 0.0921. The van der Waals surface area contributed by atoms with E-state index in [1.54, 1.807) is 50.2 Å². The highest BCUT2D eigenvalue weighted by molar-refractivity contribution is 5.91. The molecule has 0 bridgehead atoms. The second kappa shape index (κ2) is 15.9. The van der Waals surface area contributed by atoms with Crippen LogP contribution in [0.5, 0.6) is 11.5 Å². The Bertz CT molecular complexity index is 2180. The third-order valence-corrected chi connectivity index (χ3v) is 8.96. The summed E-state index contributed by atoms with van der Waals surface area (Å²) >= 11 is 0. The number of H-pyrrole nitrogens is 1. The topological polar surface area (TPSA) is 204 Å². The van der Waals surface area contributed by atoms with E-state index in [1.165, 1.54) is 19.2 Å². The van der Waals surface area contributed by atoms with E-state index >= 15 is 4.39 Å². The lowest BCUT2D eigenvalue weighted by atomic mass is 9.80. The standard InChI is InChI=1S/C38H38FN5O10/c1-21(2)34(49)42-37-41-33-31(35(50)43-37)40-20-44(33)36-30(39)32(54-29(48)18-17-28(46)47)27(53-36)19-52-38(22-7-5-4-6-8-22,23-9-13-25(45)14-10-23)24-11-15-26(51-3)16-12-24/h4-16,20-21,27,30,32,36,45H,17-19H2,1-3H3,(H,46,47)(H2,41,42,43,49,50). The van der Waals surface area contributed by atoms with E-state index in [0.717, 1.165) is 10.9 Å². The number of alkyl halides is 1. The number of nitrogens with zero attached hydrogens (tertiary/aromatic N) is 3. The van der Waals surface area contributed by atoms with Crippen molar-refractivity contribution in [1.82, 2.24) is 19.5 Å². The van der Waals surface area contributed by atoms with Crippen molar-refractivity contribution in [3.8, 4) is 11.5 Å². The monoisotopic (exact) mass is 743 g/mol. The van der Waals surface area contributed by atoms with Crippen molar-refractivity contribution in [3.05, 3.63) is 112 Å². The molecular weight excluding hydrogens is 705 g/mol. The number of aromatic amines is 1. The molecule has 3 aromatic carbocycles. The molecule has 5 unspecified atom stereocenters. The zero-order chi connectivity index (χ0) is 38.6. The third kappa shape index (κ3) is 7.65. The number of ether oxygens (including phenoxy) is 4. The van der Waals surface area contributed by atoms with Gasteiger partial charge in [-0.05, 0) is 41.0 Å². The number of anilines is 1. The summed E-state index contributed by atoms with van der Waals surface area (Å²) in [5.74, 6) is -2.70. The van der Waals surface area contributed by atoms with Crippen LogP contribution in [-0.4, -0.2) is 79.7 Å². The minimum Gasteiger partial charge on any atom is -0.508 e. The number of methoxy groups -OCH3 is 1. The van der Waals surface area contributed by atoms with Crippen LogP contribution in [0.15, 0.2) is 90.0 Å². The summed E-state index contributed by atoms with van der Waals surface area (Å²) in [4.78, 5) is 60.3. The number of hydrogen-bond acceptors (Lipinski definition) is 11. The Morgan fingerprint density at radius 3 is 2.28 bits per heavy atom. The summed E-state index contributed by atoms with van der Waals surface area (Å²) in [6, 6.07) is 22.6. The maximum atomic E-state index is 16.7. The van der Waals surface area contributed by atoms with Gasteiger partial charge in [0.15, 0.2) is 29.7 Å². The molecular formula is C38H38FN5O10. The number of carboxylic acids is 1. The van der Waals surface area contributed by atoms with Crippen molar-refractivity contribution in [3.63, 3.8) is 0 Å². The van der Waals surface area contributed by atoms with E-state index in [4.69, 9.17) is 24.1 Å². The molecule has 0 spiro atoms. The number of aliphatic carboxylic acids is 1. The number of rotatable bonds is 14. The SMILES string of the molecule is COc1ccc(C(OCC2OC(n3cnc4c(=O)[nH]c(NC(=O)C(C)C)nc43)C(F)C2OC(=O)CCC(=O)O)(c2ccccc2)c2ccc(O)cc2)cc1. The number of nitrogens with one attached hydrogen (secondary N) is 2. The minimum atomic E-state index is -2.10. The number of aromatic nitrogens is 4. The average Bonchev–Trinajstić information content (AvgIpc) is 3.72. The van der Waals surface area contributed by atoms with Gasteiger partial charge in [-0.25, -0.2) is 9.37 Å². The first-order valence-electron chi connectivity index (χ1n) is 17.0. The zero-order valence-corrected chi connectivity index (χ0v) is 29.5. The Balaban J connectivity index is 1.42. The lowest BCUT2D eigenvalue weighted by Gasteiger charge is -2.37. The number of phenolic OH excluding ortho intramolecular Hbond substituents is 1. The predicted octanol–water partition coefficient (Wildman–Crippen LogP) is 4.45. The van der Waals surface area contributed by atoms with Gasteiger partial charge in [-0.2, -0.15) is 4.98 Å². The number of halogens is 1. The Kier molecular flexibility index (Phi) is 11.0. The van der Waals surface area contributed by atoms with Crippen LogP contribution < -0.4 is 15.6 Å². The Morgan fingerprint density at radius 2 is 1.65 bits per heavy atom. The molecule has 1 aliphatic heterocycles. The molecule has 5 atom stereocenters. The molecule has 0 radical (unpaired) electrons. The number of fused-ring (bicyclic) bond motifs is 1. The number of esters is 1. The Labute approximate surface area is 307 Å². The lowest BCUT2D eigenvalue weighted by Crippen LogP contribution is -2.41. The molecule has 1 aliphatic rings. The number of phenols is 1. The highest BCUT2D eigenvalue weighted by atomic mass is 19.1. The number of carbonyl (C=O) groups is 3. The predicted molar refractivity (Wildman–Crippen MR) is 191 cm³/mol. The van der Waals surface area contributed by atoms with E-state index < -0.39 is 79.0 Å². The molecule has 0 aliphatic carbocycles. The van der Waals surface area contributed by atoms with Crippen molar-refractivity contribution in [1.29, 1.82) is 0 Å². The molecule has 54 heavy (non-hydrogen) atoms. The van der Waals surface area contributed by atoms with Crippen LogP contribution in [-0.2, 0) is 34.2 Å². The average molecular weight is 744 g/mol. The zero-order valence-electron chi connectivity index (χ0n) is 29.5. The van der Waals surface area contributed by atoms with Gasteiger partial charge in [0.1, 0.15) is 23.2 Å². The maximum Gasteiger partial charge on any atom is 0.306 e. The van der Waals surface area contributed by atoms with Crippen LogP contribution in [0.25, 0.3) is 11.2 Å². The number of imidazole rings is 1.